The molecule has 0 radical (unpaired) electrons. The maximum absolute atomic E-state index is 10.4. The number of nitrogens with one attached hydrogen (secondary N) is 1. The summed E-state index contributed by atoms with van der Waals surface area (Å²) in [7, 11) is 0. The Labute approximate surface area is 117 Å². The van der Waals surface area contributed by atoms with Crippen molar-refractivity contribution in [3.8, 4) is 0 Å². The van der Waals surface area contributed by atoms with Crippen LogP contribution in [0.15, 0.2) is 30.5 Å². The number of ether oxygens (including phenoxy) is 1. The summed E-state index contributed by atoms with van der Waals surface area (Å²) in [6.45, 7) is 1.07. The van der Waals surface area contributed by atoms with Crippen LogP contribution in [0, 0.1) is 0 Å². The summed E-state index contributed by atoms with van der Waals surface area (Å²) in [5.41, 5.74) is 13.3. The van der Waals surface area contributed by atoms with E-state index in [1.165, 1.54) is 0 Å². The first-order chi connectivity index (χ1) is 9.68. The summed E-state index contributed by atoms with van der Waals surface area (Å²) >= 11 is 0. The standard InChI is InChI=1S/C14H18N4O2/c15-11-9-18-12-6-2-1-5-10(12)13(11)17-7-3-4-8-20-14(16)19/h1-2,5-6,9H,3-4,7-8,15H2,(H2,16,19)(H,17,18). The summed E-state index contributed by atoms with van der Waals surface area (Å²) < 4.78 is 4.66. The van der Waals surface area contributed by atoms with Crippen molar-refractivity contribution in [1.29, 1.82) is 0 Å². The Morgan fingerprint density at radius 1 is 1.30 bits per heavy atom. The number of fused-ring (bicyclic) bond motifs is 1. The van der Waals surface area contributed by atoms with Gasteiger partial charge in [0.15, 0.2) is 0 Å². The third kappa shape index (κ3) is 3.50. The van der Waals surface area contributed by atoms with Crippen LogP contribution in [0.3, 0.4) is 0 Å². The van der Waals surface area contributed by atoms with Gasteiger partial charge in [-0.3, -0.25) is 4.98 Å². The number of nitrogen functional groups attached to an aromatic ring is 1. The van der Waals surface area contributed by atoms with Crippen LogP contribution in [0.1, 0.15) is 12.8 Å². The molecule has 0 saturated heterocycles. The van der Waals surface area contributed by atoms with Crippen molar-refractivity contribution >= 4 is 28.4 Å². The monoisotopic (exact) mass is 274 g/mol. The number of carbonyl (C=O) groups excluding carboxylic acids is 1. The first-order valence-electron chi connectivity index (χ1n) is 6.48. The zero-order valence-electron chi connectivity index (χ0n) is 11.1. The molecule has 1 aromatic heterocycles. The normalized spacial score (nSPS) is 10.4. The summed E-state index contributed by atoms with van der Waals surface area (Å²) in [6, 6.07) is 7.82. The lowest BCUT2D eigenvalue weighted by Crippen LogP contribution is -2.14. The van der Waals surface area contributed by atoms with Crippen molar-refractivity contribution in [3.05, 3.63) is 30.5 Å². The van der Waals surface area contributed by atoms with Crippen molar-refractivity contribution in [2.75, 3.05) is 24.2 Å². The van der Waals surface area contributed by atoms with E-state index in [1.54, 1.807) is 6.20 Å². The number of primary amides is 1. The number of anilines is 2. The van der Waals surface area contributed by atoms with E-state index in [9.17, 15) is 4.79 Å². The molecule has 1 heterocycles. The van der Waals surface area contributed by atoms with E-state index >= 15 is 0 Å². The van der Waals surface area contributed by atoms with Crippen molar-refractivity contribution in [1.82, 2.24) is 4.98 Å². The first-order valence-corrected chi connectivity index (χ1v) is 6.48. The minimum atomic E-state index is -0.734. The van der Waals surface area contributed by atoms with Crippen molar-refractivity contribution in [3.63, 3.8) is 0 Å². The van der Waals surface area contributed by atoms with Crippen LogP contribution in [-0.2, 0) is 4.74 Å². The number of unbranched alkanes of at least 4 members (excludes halogenated alkanes) is 1. The van der Waals surface area contributed by atoms with Crippen LogP contribution in [0.2, 0.25) is 0 Å². The van der Waals surface area contributed by atoms with Gasteiger partial charge in [0, 0.05) is 11.9 Å². The number of hydrogen-bond acceptors (Lipinski definition) is 5. The fourth-order valence-electron chi connectivity index (χ4n) is 1.97. The largest absolute Gasteiger partial charge is 0.450 e. The van der Waals surface area contributed by atoms with Gasteiger partial charge in [-0.2, -0.15) is 0 Å². The molecule has 6 heteroatoms. The molecule has 5 N–H and O–H groups in total. The number of nitrogens with zero attached hydrogens (tertiary/aromatic N) is 1. The number of amides is 1. The molecular formula is C14H18N4O2. The van der Waals surface area contributed by atoms with Crippen molar-refractivity contribution in [2.24, 2.45) is 5.73 Å². The van der Waals surface area contributed by atoms with Gasteiger partial charge in [0.1, 0.15) is 0 Å². The quantitative estimate of drug-likeness (QED) is 0.700. The lowest BCUT2D eigenvalue weighted by atomic mass is 10.1. The number of rotatable bonds is 6. The highest BCUT2D eigenvalue weighted by molar-refractivity contribution is 5.96. The predicted molar refractivity (Wildman–Crippen MR) is 79.4 cm³/mol. The van der Waals surface area contributed by atoms with Gasteiger partial charge in [0.05, 0.1) is 29.7 Å². The number of aromatic nitrogens is 1. The SMILES string of the molecule is NC(=O)OCCCCNc1c(N)cnc2ccccc12. The molecular weight excluding hydrogens is 256 g/mol. The lowest BCUT2D eigenvalue weighted by molar-refractivity contribution is 0.155. The van der Waals surface area contributed by atoms with E-state index < -0.39 is 6.09 Å². The molecule has 0 unspecified atom stereocenters. The summed E-state index contributed by atoms with van der Waals surface area (Å²) in [4.78, 5) is 14.7. The highest BCUT2D eigenvalue weighted by Crippen LogP contribution is 2.27. The minimum Gasteiger partial charge on any atom is -0.450 e. The third-order valence-corrected chi connectivity index (χ3v) is 2.92. The van der Waals surface area contributed by atoms with Gasteiger partial charge in [-0.25, -0.2) is 4.79 Å². The summed E-state index contributed by atoms with van der Waals surface area (Å²) in [5, 5.41) is 4.31. The molecule has 0 spiro atoms. The highest BCUT2D eigenvalue weighted by Gasteiger charge is 2.05. The van der Waals surface area contributed by atoms with Crippen LogP contribution in [0.4, 0.5) is 16.2 Å². The van der Waals surface area contributed by atoms with E-state index in [-0.39, 0.29) is 0 Å². The molecule has 0 aliphatic carbocycles. The zero-order valence-corrected chi connectivity index (χ0v) is 11.1. The molecule has 106 valence electrons. The van der Waals surface area contributed by atoms with E-state index in [2.05, 4.69) is 15.0 Å². The van der Waals surface area contributed by atoms with Crippen molar-refractivity contribution < 1.29 is 9.53 Å². The average Bonchev–Trinajstić information content (AvgIpc) is 2.44. The summed E-state index contributed by atoms with van der Waals surface area (Å²) in [6.07, 6.45) is 2.52. The second kappa shape index (κ2) is 6.60. The Hall–Kier alpha value is -2.50. The van der Waals surface area contributed by atoms with E-state index in [0.29, 0.717) is 12.3 Å². The molecule has 2 rings (SSSR count). The average molecular weight is 274 g/mol. The van der Waals surface area contributed by atoms with Crippen LogP contribution in [0.5, 0.6) is 0 Å². The van der Waals surface area contributed by atoms with E-state index in [0.717, 1.165) is 36.0 Å². The molecule has 0 fully saturated rings. The van der Waals surface area contributed by atoms with Gasteiger partial charge in [-0.1, -0.05) is 18.2 Å². The number of carbonyl (C=O) groups is 1. The maximum Gasteiger partial charge on any atom is 0.404 e. The van der Waals surface area contributed by atoms with Crippen molar-refractivity contribution in [2.45, 2.75) is 12.8 Å². The Morgan fingerprint density at radius 2 is 2.10 bits per heavy atom. The van der Waals surface area contributed by atoms with Gasteiger partial charge in [-0.05, 0) is 18.9 Å². The van der Waals surface area contributed by atoms with Gasteiger partial charge >= 0.3 is 6.09 Å². The molecule has 1 amide bonds. The topological polar surface area (TPSA) is 103 Å². The highest BCUT2D eigenvalue weighted by atomic mass is 16.5. The van der Waals surface area contributed by atoms with Crippen LogP contribution >= 0.6 is 0 Å². The number of nitrogens with two attached hydrogens (primary N) is 2. The Morgan fingerprint density at radius 3 is 2.90 bits per heavy atom. The van der Waals surface area contributed by atoms with E-state index in [1.807, 2.05) is 24.3 Å². The van der Waals surface area contributed by atoms with Crippen LogP contribution in [0.25, 0.3) is 10.9 Å². The van der Waals surface area contributed by atoms with E-state index in [4.69, 9.17) is 11.5 Å². The number of para-hydroxylation sites is 1. The fourth-order valence-corrected chi connectivity index (χ4v) is 1.97. The second-order valence-corrected chi connectivity index (χ2v) is 4.41. The van der Waals surface area contributed by atoms with Crippen LogP contribution < -0.4 is 16.8 Å². The fraction of sp³-hybridized carbons (Fsp3) is 0.286. The Bertz CT molecular complexity index is 601. The van der Waals surface area contributed by atoms with Gasteiger partial charge in [0.2, 0.25) is 0 Å². The zero-order chi connectivity index (χ0) is 14.4. The number of hydrogen-bond donors (Lipinski definition) is 3. The predicted octanol–water partition coefficient (Wildman–Crippen LogP) is 2.10. The molecule has 0 aliphatic rings. The molecule has 0 atom stereocenters. The molecule has 0 bridgehead atoms. The molecule has 0 aliphatic heterocycles. The molecule has 2 aromatic rings. The number of benzene rings is 1. The van der Waals surface area contributed by atoms with Gasteiger partial charge < -0.3 is 21.5 Å². The Kier molecular flexibility index (Phi) is 4.60. The van der Waals surface area contributed by atoms with Crippen LogP contribution in [-0.4, -0.2) is 24.2 Å². The molecule has 20 heavy (non-hydrogen) atoms. The maximum atomic E-state index is 10.4. The third-order valence-electron chi connectivity index (χ3n) is 2.92. The second-order valence-electron chi connectivity index (χ2n) is 4.41. The first kappa shape index (κ1) is 13.9. The van der Waals surface area contributed by atoms with Gasteiger partial charge in [0.25, 0.3) is 0 Å². The Balaban J connectivity index is 1.92. The van der Waals surface area contributed by atoms with Gasteiger partial charge in [-0.15, -0.1) is 0 Å². The summed E-state index contributed by atoms with van der Waals surface area (Å²) in [5.74, 6) is 0. The minimum absolute atomic E-state index is 0.337. The molecule has 1 aromatic carbocycles. The number of pyridine rings is 1. The molecule has 6 nitrogen and oxygen atoms in total. The smallest absolute Gasteiger partial charge is 0.404 e. The molecule has 0 saturated carbocycles. The lowest BCUT2D eigenvalue weighted by Gasteiger charge is -2.12.